The number of alkyl halides is 2. The third kappa shape index (κ3) is 4.46. The molecule has 1 heterocycles. The lowest BCUT2D eigenvalue weighted by molar-refractivity contribution is -0.0497. The fourth-order valence-corrected chi connectivity index (χ4v) is 1.87. The van der Waals surface area contributed by atoms with Crippen molar-refractivity contribution in [1.82, 2.24) is 4.98 Å². The predicted octanol–water partition coefficient (Wildman–Crippen LogP) is 3.96. The van der Waals surface area contributed by atoms with Gasteiger partial charge in [0.15, 0.2) is 0 Å². The average molecular weight is 315 g/mol. The van der Waals surface area contributed by atoms with Crippen molar-refractivity contribution in [2.45, 2.75) is 13.2 Å². The van der Waals surface area contributed by atoms with Gasteiger partial charge in [-0.15, -0.1) is 0 Å². The summed E-state index contributed by atoms with van der Waals surface area (Å²) in [6.45, 7) is -2.38. The lowest BCUT2D eigenvalue weighted by atomic mass is 10.2. The molecule has 2 rings (SSSR count). The van der Waals surface area contributed by atoms with E-state index in [2.05, 4.69) is 15.0 Å². The third-order valence-electron chi connectivity index (χ3n) is 2.65. The summed E-state index contributed by atoms with van der Waals surface area (Å²) in [7, 11) is 1.55. The second-order valence-corrected chi connectivity index (χ2v) is 4.49. The van der Waals surface area contributed by atoms with Crippen LogP contribution in [0.15, 0.2) is 36.5 Å². The lowest BCUT2D eigenvalue weighted by Gasteiger charge is -2.10. The summed E-state index contributed by atoms with van der Waals surface area (Å²) >= 11 is 5.87. The summed E-state index contributed by atoms with van der Waals surface area (Å²) in [6, 6.07) is 8.15. The smallest absolute Gasteiger partial charge is 0.387 e. The van der Waals surface area contributed by atoms with E-state index in [0.717, 1.165) is 5.56 Å². The van der Waals surface area contributed by atoms with Gasteiger partial charge in [0.05, 0.1) is 12.1 Å². The van der Waals surface area contributed by atoms with E-state index in [1.54, 1.807) is 25.4 Å². The Labute approximate surface area is 125 Å². The van der Waals surface area contributed by atoms with Gasteiger partial charge in [-0.25, -0.2) is 4.98 Å². The van der Waals surface area contributed by atoms with E-state index in [0.29, 0.717) is 18.1 Å². The molecule has 0 bridgehead atoms. The SMILES string of the molecule is COc1ccc(CNc2ccc(OC(F)F)c(Cl)c2)cn1. The number of pyridine rings is 1. The van der Waals surface area contributed by atoms with E-state index in [1.165, 1.54) is 12.1 Å². The molecule has 0 aliphatic rings. The Kier molecular flexibility index (Phi) is 5.16. The number of nitrogens with zero attached hydrogens (tertiary/aromatic N) is 1. The van der Waals surface area contributed by atoms with E-state index in [1.807, 2.05) is 6.07 Å². The van der Waals surface area contributed by atoms with Crippen molar-refractivity contribution in [2.24, 2.45) is 0 Å². The number of rotatable bonds is 6. The van der Waals surface area contributed by atoms with E-state index in [-0.39, 0.29) is 10.8 Å². The Bertz CT molecular complexity index is 594. The number of aromatic nitrogens is 1. The van der Waals surface area contributed by atoms with E-state index in [4.69, 9.17) is 16.3 Å². The van der Waals surface area contributed by atoms with Gasteiger partial charge in [-0.1, -0.05) is 17.7 Å². The Hall–Kier alpha value is -2.08. The van der Waals surface area contributed by atoms with Crippen LogP contribution in [-0.4, -0.2) is 18.7 Å². The zero-order chi connectivity index (χ0) is 15.2. The first-order chi connectivity index (χ1) is 10.1. The minimum absolute atomic E-state index is 0.0525. The van der Waals surface area contributed by atoms with Gasteiger partial charge in [-0.2, -0.15) is 8.78 Å². The highest BCUT2D eigenvalue weighted by Crippen LogP contribution is 2.29. The van der Waals surface area contributed by atoms with E-state index in [9.17, 15) is 8.78 Å². The van der Waals surface area contributed by atoms with Crippen LogP contribution in [-0.2, 0) is 6.54 Å². The minimum Gasteiger partial charge on any atom is -0.481 e. The summed E-state index contributed by atoms with van der Waals surface area (Å²) in [5.74, 6) is 0.485. The number of anilines is 1. The van der Waals surface area contributed by atoms with Crippen LogP contribution in [0.25, 0.3) is 0 Å². The fraction of sp³-hybridized carbons (Fsp3) is 0.214. The molecule has 0 aliphatic heterocycles. The van der Waals surface area contributed by atoms with Gasteiger partial charge in [0.25, 0.3) is 0 Å². The highest BCUT2D eigenvalue weighted by molar-refractivity contribution is 6.32. The lowest BCUT2D eigenvalue weighted by Crippen LogP contribution is -2.03. The molecule has 0 spiro atoms. The zero-order valence-electron chi connectivity index (χ0n) is 11.1. The molecule has 7 heteroatoms. The number of hydrogen-bond acceptors (Lipinski definition) is 4. The molecule has 2 aromatic rings. The normalized spacial score (nSPS) is 10.5. The average Bonchev–Trinajstić information content (AvgIpc) is 2.48. The topological polar surface area (TPSA) is 43.4 Å². The minimum atomic E-state index is -2.90. The standard InChI is InChI=1S/C14H13ClF2N2O2/c1-20-13-5-2-9(8-19-13)7-18-10-3-4-12(11(15)6-10)21-14(16)17/h2-6,8,14,18H,7H2,1H3. The summed E-state index contributed by atoms with van der Waals surface area (Å²) in [6.07, 6.45) is 1.68. The number of nitrogens with one attached hydrogen (secondary N) is 1. The highest BCUT2D eigenvalue weighted by Gasteiger charge is 2.09. The molecule has 0 fully saturated rings. The van der Waals surface area contributed by atoms with Gasteiger partial charge in [-0.05, 0) is 23.8 Å². The van der Waals surface area contributed by atoms with Gasteiger partial charge in [-0.3, -0.25) is 0 Å². The van der Waals surface area contributed by atoms with Gasteiger partial charge in [0.1, 0.15) is 5.75 Å². The van der Waals surface area contributed by atoms with Crippen molar-refractivity contribution >= 4 is 17.3 Å². The van der Waals surface area contributed by atoms with Gasteiger partial charge < -0.3 is 14.8 Å². The van der Waals surface area contributed by atoms with Crippen molar-refractivity contribution < 1.29 is 18.3 Å². The largest absolute Gasteiger partial charge is 0.481 e. The molecule has 0 aliphatic carbocycles. The molecule has 1 N–H and O–H groups in total. The Morgan fingerprint density at radius 2 is 2.10 bits per heavy atom. The monoisotopic (exact) mass is 314 g/mol. The summed E-state index contributed by atoms with van der Waals surface area (Å²) in [5, 5.41) is 3.23. The second kappa shape index (κ2) is 7.08. The van der Waals surface area contributed by atoms with Crippen molar-refractivity contribution in [1.29, 1.82) is 0 Å². The molecule has 4 nitrogen and oxygen atoms in total. The van der Waals surface area contributed by atoms with Crippen LogP contribution in [0.3, 0.4) is 0 Å². The number of benzene rings is 1. The first-order valence-corrected chi connectivity index (χ1v) is 6.43. The molecule has 0 unspecified atom stereocenters. The molecule has 0 radical (unpaired) electrons. The van der Waals surface area contributed by atoms with Gasteiger partial charge >= 0.3 is 6.61 Å². The van der Waals surface area contributed by atoms with Crippen LogP contribution in [0.5, 0.6) is 11.6 Å². The quantitative estimate of drug-likeness (QED) is 0.876. The van der Waals surface area contributed by atoms with Crippen molar-refractivity contribution in [3.05, 3.63) is 47.1 Å². The van der Waals surface area contributed by atoms with Crippen LogP contribution in [0.1, 0.15) is 5.56 Å². The third-order valence-corrected chi connectivity index (χ3v) is 2.95. The maximum absolute atomic E-state index is 12.1. The Morgan fingerprint density at radius 3 is 2.67 bits per heavy atom. The summed E-state index contributed by atoms with van der Waals surface area (Å²) in [5.41, 5.74) is 1.64. The summed E-state index contributed by atoms with van der Waals surface area (Å²) in [4.78, 5) is 4.08. The van der Waals surface area contributed by atoms with Crippen molar-refractivity contribution in [3.8, 4) is 11.6 Å². The fourth-order valence-electron chi connectivity index (χ4n) is 1.64. The van der Waals surface area contributed by atoms with Crippen molar-refractivity contribution in [2.75, 3.05) is 12.4 Å². The Balaban J connectivity index is 1.98. The molecule has 0 saturated carbocycles. The van der Waals surface area contributed by atoms with Crippen LogP contribution in [0.2, 0.25) is 5.02 Å². The molecule has 112 valence electrons. The number of ether oxygens (including phenoxy) is 2. The second-order valence-electron chi connectivity index (χ2n) is 4.09. The van der Waals surface area contributed by atoms with E-state index >= 15 is 0 Å². The number of methoxy groups -OCH3 is 1. The number of halogens is 3. The maximum atomic E-state index is 12.1. The van der Waals surface area contributed by atoms with Crippen molar-refractivity contribution in [3.63, 3.8) is 0 Å². The van der Waals surface area contributed by atoms with Crippen LogP contribution < -0.4 is 14.8 Å². The predicted molar refractivity (Wildman–Crippen MR) is 76.2 cm³/mol. The van der Waals surface area contributed by atoms with Crippen LogP contribution in [0, 0.1) is 0 Å². The Morgan fingerprint density at radius 1 is 1.29 bits per heavy atom. The maximum Gasteiger partial charge on any atom is 0.387 e. The number of hydrogen-bond donors (Lipinski definition) is 1. The van der Waals surface area contributed by atoms with Crippen LogP contribution >= 0.6 is 11.6 Å². The first kappa shape index (κ1) is 15.3. The van der Waals surface area contributed by atoms with Crippen LogP contribution in [0.4, 0.5) is 14.5 Å². The molecule has 0 amide bonds. The molecular formula is C14H13ClF2N2O2. The molecule has 21 heavy (non-hydrogen) atoms. The van der Waals surface area contributed by atoms with Gasteiger partial charge in [0.2, 0.25) is 5.88 Å². The molecule has 0 atom stereocenters. The first-order valence-electron chi connectivity index (χ1n) is 6.05. The molecular weight excluding hydrogens is 302 g/mol. The molecule has 1 aromatic carbocycles. The zero-order valence-corrected chi connectivity index (χ0v) is 11.9. The highest BCUT2D eigenvalue weighted by atomic mass is 35.5. The molecule has 0 saturated heterocycles. The summed E-state index contributed by atoms with van der Waals surface area (Å²) < 4.78 is 33.5. The molecule has 1 aromatic heterocycles. The van der Waals surface area contributed by atoms with Gasteiger partial charge in [0, 0.05) is 24.5 Å². The van der Waals surface area contributed by atoms with E-state index < -0.39 is 6.61 Å².